The van der Waals surface area contributed by atoms with Gasteiger partial charge in [-0.15, -0.1) is 12.8 Å². The van der Waals surface area contributed by atoms with Gasteiger partial charge in [-0.3, -0.25) is 0 Å². The highest BCUT2D eigenvalue weighted by atomic mass is 13.6. The Morgan fingerprint density at radius 3 is 2.00 bits per heavy atom. The Labute approximate surface area is 67.4 Å². The molecule has 0 amide bonds. The fourth-order valence-corrected chi connectivity index (χ4v) is 0.253. The maximum Gasteiger partial charge on any atom is 0.108 e. The predicted octanol–water partition coefficient (Wildman–Crippen LogP) is 0.467. The maximum atomic E-state index is 4.84. The Morgan fingerprint density at radius 2 is 1.36 bits per heavy atom. The molecule has 0 heteroatoms. The molecule has 0 aromatic rings. The van der Waals surface area contributed by atoms with Gasteiger partial charge in [0.05, 0.1) is 0 Å². The first-order valence-corrected chi connectivity index (χ1v) is 2.65. The fraction of sp³-hybridized carbons (Fsp3) is 0. The second-order valence-electron chi connectivity index (χ2n) is 1.22. The zero-order valence-electron chi connectivity index (χ0n) is 5.73. The van der Waals surface area contributed by atoms with Gasteiger partial charge in [-0.05, 0) is 35.5 Å². The molecule has 0 atom stereocenters. The molecule has 11 heavy (non-hydrogen) atoms. The molecule has 0 spiro atoms. The van der Waals surface area contributed by atoms with Crippen molar-refractivity contribution in [2.45, 2.75) is 0 Å². The van der Waals surface area contributed by atoms with Crippen molar-refractivity contribution in [2.75, 3.05) is 0 Å². The van der Waals surface area contributed by atoms with Crippen LogP contribution in [-0.2, 0) is 0 Å². The smallest absolute Gasteiger partial charge is 0.106 e. The maximum absolute atomic E-state index is 4.84. The summed E-state index contributed by atoms with van der Waals surface area (Å²) < 4.78 is 0. The van der Waals surface area contributed by atoms with Gasteiger partial charge in [-0.2, -0.15) is 0 Å². The zero-order valence-corrected chi connectivity index (χ0v) is 5.73. The predicted molar refractivity (Wildman–Crippen MR) is 45.3 cm³/mol. The van der Waals surface area contributed by atoms with Gasteiger partial charge in [0.15, 0.2) is 0 Å². The quantitative estimate of drug-likeness (QED) is 0.423. The lowest BCUT2D eigenvalue weighted by atomic mass is 10.4. The molecule has 0 bridgehead atoms. The van der Waals surface area contributed by atoms with Crippen molar-refractivity contribution in [3.05, 3.63) is 6.42 Å². The van der Waals surface area contributed by atoms with Gasteiger partial charge in [-0.1, -0.05) is 11.8 Å². The summed E-state index contributed by atoms with van der Waals surface area (Å²) in [5.74, 6) is 18.9. The van der Waals surface area contributed by atoms with E-state index >= 15 is 0 Å². The summed E-state index contributed by atoms with van der Waals surface area (Å²) in [7, 11) is 0. The SMILES string of the molecule is C#CC#CC#C[CH]C#CC#C. The molecule has 0 aliphatic carbocycles. The van der Waals surface area contributed by atoms with Gasteiger partial charge >= 0.3 is 0 Å². The number of hydrogen-bond acceptors (Lipinski definition) is 0. The normalized spacial score (nSPS) is 4.18. The van der Waals surface area contributed by atoms with Gasteiger partial charge in [0, 0.05) is 0 Å². The van der Waals surface area contributed by atoms with Crippen LogP contribution in [0.2, 0.25) is 0 Å². The largest absolute Gasteiger partial charge is 0.108 e. The summed E-state index contributed by atoms with van der Waals surface area (Å²) in [5, 5.41) is 0. The molecule has 0 rings (SSSR count). The molecular weight excluding hydrogens is 132 g/mol. The van der Waals surface area contributed by atoms with E-state index in [0.717, 1.165) is 0 Å². The van der Waals surface area contributed by atoms with Crippen LogP contribution in [0.15, 0.2) is 0 Å². The van der Waals surface area contributed by atoms with E-state index in [2.05, 4.69) is 47.4 Å². The third-order valence-electron chi connectivity index (χ3n) is 0.558. The lowest BCUT2D eigenvalue weighted by Gasteiger charge is -1.62. The molecule has 0 saturated heterocycles. The van der Waals surface area contributed by atoms with Gasteiger partial charge in [0.2, 0.25) is 0 Å². The second kappa shape index (κ2) is 7.80. The second-order valence-corrected chi connectivity index (χ2v) is 1.22. The lowest BCUT2D eigenvalue weighted by molar-refractivity contribution is 2.01. The summed E-state index contributed by atoms with van der Waals surface area (Å²) in [5.41, 5.74) is 0. The van der Waals surface area contributed by atoms with Gasteiger partial charge < -0.3 is 0 Å². The van der Waals surface area contributed by atoms with E-state index in [1.165, 1.54) is 6.42 Å². The van der Waals surface area contributed by atoms with Crippen molar-refractivity contribution in [3.8, 4) is 60.2 Å². The van der Waals surface area contributed by atoms with Crippen molar-refractivity contribution >= 4 is 0 Å². The van der Waals surface area contributed by atoms with Crippen molar-refractivity contribution in [1.29, 1.82) is 0 Å². The average molecular weight is 135 g/mol. The van der Waals surface area contributed by atoms with E-state index in [9.17, 15) is 0 Å². The van der Waals surface area contributed by atoms with Gasteiger partial charge in [-0.25, -0.2) is 0 Å². The number of hydrogen-bond donors (Lipinski definition) is 0. The third-order valence-corrected chi connectivity index (χ3v) is 0.558. The molecule has 1 radical (unpaired) electrons. The first-order chi connectivity index (χ1) is 5.41. The number of terminal acetylenes is 2. The van der Waals surface area contributed by atoms with Crippen LogP contribution >= 0.6 is 0 Å². The molecule has 0 unspecified atom stereocenters. The van der Waals surface area contributed by atoms with Crippen LogP contribution in [0.25, 0.3) is 0 Å². The fourth-order valence-electron chi connectivity index (χ4n) is 0.253. The Bertz CT molecular complexity index is 364. The summed E-state index contributed by atoms with van der Waals surface area (Å²) in [6.07, 6.45) is 11.1. The summed E-state index contributed by atoms with van der Waals surface area (Å²) in [6.45, 7) is 0. The van der Waals surface area contributed by atoms with Crippen LogP contribution in [-0.4, -0.2) is 0 Å². The topological polar surface area (TPSA) is 0 Å². The molecule has 0 aromatic heterocycles. The molecule has 0 N–H and O–H groups in total. The average Bonchev–Trinajstić information content (AvgIpc) is 2.03. The zero-order chi connectivity index (χ0) is 8.36. The minimum Gasteiger partial charge on any atom is -0.106 e. The Hall–Kier alpha value is -2.20. The monoisotopic (exact) mass is 135 g/mol. The van der Waals surface area contributed by atoms with E-state index in [4.69, 9.17) is 12.8 Å². The van der Waals surface area contributed by atoms with Crippen LogP contribution in [0.4, 0.5) is 0 Å². The van der Waals surface area contributed by atoms with E-state index in [1.807, 2.05) is 0 Å². The summed E-state index contributed by atoms with van der Waals surface area (Å²) in [6, 6.07) is 0. The van der Waals surface area contributed by atoms with Gasteiger partial charge in [0.25, 0.3) is 0 Å². The first kappa shape index (κ1) is 8.80. The lowest BCUT2D eigenvalue weighted by Crippen LogP contribution is -1.59. The summed E-state index contributed by atoms with van der Waals surface area (Å²) in [4.78, 5) is 0. The number of rotatable bonds is 0. The van der Waals surface area contributed by atoms with E-state index in [-0.39, 0.29) is 0 Å². The molecule has 0 aliphatic rings. The van der Waals surface area contributed by atoms with Crippen LogP contribution in [0.1, 0.15) is 0 Å². The summed E-state index contributed by atoms with van der Waals surface area (Å²) >= 11 is 0. The molecule has 0 saturated carbocycles. The van der Waals surface area contributed by atoms with Crippen molar-refractivity contribution < 1.29 is 0 Å². The molecule has 47 valence electrons. The van der Waals surface area contributed by atoms with E-state index in [0.29, 0.717) is 0 Å². The standard InChI is InChI=1S/C11H3/c1-3-5-7-9-11-10-8-6-4-2/h1-2,9H. The Morgan fingerprint density at radius 1 is 0.727 bits per heavy atom. The molecule has 0 aliphatic heterocycles. The molecule has 0 heterocycles. The van der Waals surface area contributed by atoms with Crippen molar-refractivity contribution in [3.63, 3.8) is 0 Å². The van der Waals surface area contributed by atoms with Crippen LogP contribution in [0.5, 0.6) is 0 Å². The van der Waals surface area contributed by atoms with E-state index < -0.39 is 0 Å². The first-order valence-electron chi connectivity index (χ1n) is 2.65. The minimum absolute atomic E-state index is 1.42. The molecule has 0 nitrogen and oxygen atoms in total. The highest BCUT2D eigenvalue weighted by Gasteiger charge is 1.63. The Balaban J connectivity index is 3.79. The van der Waals surface area contributed by atoms with Gasteiger partial charge in [0.1, 0.15) is 6.42 Å². The third kappa shape index (κ3) is 7.80. The van der Waals surface area contributed by atoms with Crippen molar-refractivity contribution in [2.24, 2.45) is 0 Å². The van der Waals surface area contributed by atoms with Crippen molar-refractivity contribution in [1.82, 2.24) is 0 Å². The van der Waals surface area contributed by atoms with Crippen LogP contribution in [0, 0.1) is 66.6 Å². The highest BCUT2D eigenvalue weighted by Crippen LogP contribution is 1.65. The molecule has 0 fully saturated rings. The van der Waals surface area contributed by atoms with E-state index in [1.54, 1.807) is 0 Å². The molecular formula is C11H3. The Kier molecular flexibility index (Phi) is 6.24. The molecule has 0 aromatic carbocycles. The van der Waals surface area contributed by atoms with Crippen LogP contribution < -0.4 is 0 Å². The minimum atomic E-state index is 1.42. The van der Waals surface area contributed by atoms with Crippen LogP contribution in [0.3, 0.4) is 0 Å². The highest BCUT2D eigenvalue weighted by molar-refractivity contribution is 5.39.